The Morgan fingerprint density at radius 2 is 2.00 bits per heavy atom. The summed E-state index contributed by atoms with van der Waals surface area (Å²) in [5, 5.41) is 35.9. The first-order valence-electron chi connectivity index (χ1n) is 5.42. The smallest absolute Gasteiger partial charge is 0.303 e. The number of halogens is 1. The Balaban J connectivity index is 2.81. The van der Waals surface area contributed by atoms with Gasteiger partial charge in [0.05, 0.1) is 6.61 Å². The number of aliphatic carboxylic acids is 1. The topological polar surface area (TPSA) is 98.0 Å². The van der Waals surface area contributed by atoms with Gasteiger partial charge in [-0.3, -0.25) is 4.79 Å². The van der Waals surface area contributed by atoms with E-state index < -0.39 is 30.6 Å². The van der Waals surface area contributed by atoms with Crippen molar-refractivity contribution in [2.75, 3.05) is 6.61 Å². The monoisotopic (exact) mass is 258 g/mol. The van der Waals surface area contributed by atoms with Gasteiger partial charge in [0.25, 0.3) is 0 Å². The molecule has 0 aromatic heterocycles. The standard InChI is InChI=1S/C12H15FO5/c13-9-5-8(12(18)10(15)6-14)2-1-7(9)3-4-11(16)17/h1-2,5,10,12,14-15,18H,3-4,6H2,(H,16,17). The third-order valence-electron chi connectivity index (χ3n) is 2.58. The van der Waals surface area contributed by atoms with E-state index in [-0.39, 0.29) is 24.0 Å². The zero-order chi connectivity index (χ0) is 13.7. The van der Waals surface area contributed by atoms with Crippen molar-refractivity contribution in [3.05, 3.63) is 35.1 Å². The molecule has 2 atom stereocenters. The van der Waals surface area contributed by atoms with Gasteiger partial charge >= 0.3 is 5.97 Å². The molecule has 0 amide bonds. The van der Waals surface area contributed by atoms with Crippen molar-refractivity contribution in [2.45, 2.75) is 25.0 Å². The Hall–Kier alpha value is -1.50. The molecule has 0 saturated carbocycles. The zero-order valence-electron chi connectivity index (χ0n) is 9.58. The average Bonchev–Trinajstić information content (AvgIpc) is 2.35. The second-order valence-electron chi connectivity index (χ2n) is 3.94. The van der Waals surface area contributed by atoms with E-state index in [9.17, 15) is 19.4 Å². The van der Waals surface area contributed by atoms with Gasteiger partial charge in [0.2, 0.25) is 0 Å². The van der Waals surface area contributed by atoms with Gasteiger partial charge in [-0.1, -0.05) is 12.1 Å². The maximum absolute atomic E-state index is 13.6. The highest BCUT2D eigenvalue weighted by atomic mass is 19.1. The molecule has 0 spiro atoms. The SMILES string of the molecule is O=C(O)CCc1ccc(C(O)C(O)CO)cc1F. The largest absolute Gasteiger partial charge is 0.481 e. The van der Waals surface area contributed by atoms with Crippen LogP contribution in [0.5, 0.6) is 0 Å². The summed E-state index contributed by atoms with van der Waals surface area (Å²) in [4.78, 5) is 10.4. The molecule has 2 unspecified atom stereocenters. The lowest BCUT2D eigenvalue weighted by Crippen LogP contribution is -2.22. The van der Waals surface area contributed by atoms with Gasteiger partial charge in [0.1, 0.15) is 18.0 Å². The molecule has 1 aromatic carbocycles. The van der Waals surface area contributed by atoms with E-state index in [2.05, 4.69) is 0 Å². The van der Waals surface area contributed by atoms with Gasteiger partial charge in [-0.15, -0.1) is 0 Å². The van der Waals surface area contributed by atoms with Crippen LogP contribution in [0.2, 0.25) is 0 Å². The van der Waals surface area contributed by atoms with Gasteiger partial charge < -0.3 is 20.4 Å². The van der Waals surface area contributed by atoms with E-state index in [0.29, 0.717) is 0 Å². The molecule has 100 valence electrons. The van der Waals surface area contributed by atoms with Crippen LogP contribution >= 0.6 is 0 Å². The van der Waals surface area contributed by atoms with Gasteiger partial charge in [-0.05, 0) is 23.6 Å². The number of carbonyl (C=O) groups is 1. The highest BCUT2D eigenvalue weighted by Gasteiger charge is 2.18. The van der Waals surface area contributed by atoms with Gasteiger partial charge in [0.15, 0.2) is 0 Å². The van der Waals surface area contributed by atoms with Gasteiger partial charge in [0, 0.05) is 6.42 Å². The van der Waals surface area contributed by atoms with Crippen LogP contribution in [-0.2, 0) is 11.2 Å². The Labute approximate surface area is 103 Å². The van der Waals surface area contributed by atoms with E-state index in [1.165, 1.54) is 12.1 Å². The molecule has 0 bridgehead atoms. The third-order valence-corrected chi connectivity index (χ3v) is 2.58. The number of carboxylic acid groups (broad SMARTS) is 1. The van der Waals surface area contributed by atoms with Crippen LogP contribution in [-0.4, -0.2) is 39.1 Å². The predicted molar refractivity (Wildman–Crippen MR) is 60.4 cm³/mol. The lowest BCUT2D eigenvalue weighted by molar-refractivity contribution is -0.136. The average molecular weight is 258 g/mol. The fourth-order valence-electron chi connectivity index (χ4n) is 1.51. The molecule has 0 radical (unpaired) electrons. The summed E-state index contributed by atoms with van der Waals surface area (Å²) in [5.74, 6) is -1.66. The number of rotatable bonds is 6. The molecular weight excluding hydrogens is 243 g/mol. The van der Waals surface area contributed by atoms with Crippen molar-refractivity contribution in [3.63, 3.8) is 0 Å². The first-order valence-corrected chi connectivity index (χ1v) is 5.42. The Morgan fingerprint density at radius 1 is 1.33 bits per heavy atom. The molecule has 18 heavy (non-hydrogen) atoms. The molecule has 0 aliphatic carbocycles. The zero-order valence-corrected chi connectivity index (χ0v) is 9.58. The molecule has 0 fully saturated rings. The Morgan fingerprint density at radius 3 is 2.50 bits per heavy atom. The van der Waals surface area contributed by atoms with Crippen LogP contribution in [0.15, 0.2) is 18.2 Å². The third kappa shape index (κ3) is 3.76. The van der Waals surface area contributed by atoms with Crippen LogP contribution in [0.3, 0.4) is 0 Å². The Bertz CT molecular complexity index is 421. The summed E-state index contributed by atoms with van der Waals surface area (Å²) in [6.45, 7) is -0.635. The summed E-state index contributed by atoms with van der Waals surface area (Å²) in [6.07, 6.45) is -2.88. The summed E-state index contributed by atoms with van der Waals surface area (Å²) in [5.41, 5.74) is 0.361. The van der Waals surface area contributed by atoms with Crippen molar-refractivity contribution in [1.29, 1.82) is 0 Å². The van der Waals surface area contributed by atoms with Crippen LogP contribution in [0.25, 0.3) is 0 Å². The number of aliphatic hydroxyl groups excluding tert-OH is 3. The number of benzene rings is 1. The summed E-state index contributed by atoms with van der Waals surface area (Å²) in [7, 11) is 0. The van der Waals surface area contributed by atoms with Crippen molar-refractivity contribution in [2.24, 2.45) is 0 Å². The van der Waals surface area contributed by atoms with Crippen molar-refractivity contribution >= 4 is 5.97 Å². The molecule has 1 aromatic rings. The minimum atomic E-state index is -1.38. The lowest BCUT2D eigenvalue weighted by Gasteiger charge is -2.16. The van der Waals surface area contributed by atoms with Crippen molar-refractivity contribution in [3.8, 4) is 0 Å². The van der Waals surface area contributed by atoms with Crippen molar-refractivity contribution in [1.82, 2.24) is 0 Å². The minimum Gasteiger partial charge on any atom is -0.481 e. The van der Waals surface area contributed by atoms with Crippen molar-refractivity contribution < 1.29 is 29.6 Å². The maximum atomic E-state index is 13.6. The van der Waals surface area contributed by atoms with Gasteiger partial charge in [-0.2, -0.15) is 0 Å². The second-order valence-corrected chi connectivity index (χ2v) is 3.94. The number of carboxylic acids is 1. The van der Waals surface area contributed by atoms with Crippen LogP contribution in [0.4, 0.5) is 4.39 Å². The summed E-state index contributed by atoms with van der Waals surface area (Å²) in [6, 6.07) is 3.78. The first-order chi connectivity index (χ1) is 8.45. The van der Waals surface area contributed by atoms with E-state index in [1.54, 1.807) is 0 Å². The Kier molecular flexibility index (Phi) is 5.21. The number of aryl methyl sites for hydroxylation is 1. The highest BCUT2D eigenvalue weighted by Crippen LogP contribution is 2.20. The van der Waals surface area contributed by atoms with E-state index in [1.807, 2.05) is 0 Å². The van der Waals surface area contributed by atoms with Crippen LogP contribution < -0.4 is 0 Å². The molecule has 0 saturated heterocycles. The second kappa shape index (κ2) is 6.44. The summed E-state index contributed by atoms with van der Waals surface area (Å²) >= 11 is 0. The molecule has 5 nitrogen and oxygen atoms in total. The number of aliphatic hydroxyl groups is 3. The fourth-order valence-corrected chi connectivity index (χ4v) is 1.51. The fraction of sp³-hybridized carbons (Fsp3) is 0.417. The normalized spacial score (nSPS) is 14.2. The van der Waals surface area contributed by atoms with E-state index in [0.717, 1.165) is 6.07 Å². The number of hydrogen-bond donors (Lipinski definition) is 4. The molecule has 6 heteroatoms. The van der Waals surface area contributed by atoms with Gasteiger partial charge in [-0.25, -0.2) is 4.39 Å². The maximum Gasteiger partial charge on any atom is 0.303 e. The molecule has 4 N–H and O–H groups in total. The summed E-state index contributed by atoms with van der Waals surface area (Å²) < 4.78 is 13.6. The molecule has 1 rings (SSSR count). The van der Waals surface area contributed by atoms with Crippen LogP contribution in [0, 0.1) is 5.82 Å². The minimum absolute atomic E-state index is 0.0557. The molecule has 0 aliphatic heterocycles. The molecular formula is C12H15FO5. The van der Waals surface area contributed by atoms with E-state index >= 15 is 0 Å². The molecule has 0 heterocycles. The molecule has 0 aliphatic rings. The predicted octanol–water partition coefficient (Wildman–Crippen LogP) is 0.229. The van der Waals surface area contributed by atoms with E-state index in [4.69, 9.17) is 10.2 Å². The van der Waals surface area contributed by atoms with Crippen LogP contribution in [0.1, 0.15) is 23.7 Å². The lowest BCUT2D eigenvalue weighted by atomic mass is 10.0. The number of hydrogen-bond acceptors (Lipinski definition) is 4. The quantitative estimate of drug-likeness (QED) is 0.585. The first kappa shape index (κ1) is 14.6. The highest BCUT2D eigenvalue weighted by molar-refractivity contribution is 5.67.